The molecule has 0 saturated carbocycles. The Labute approximate surface area is 101 Å². The van der Waals surface area contributed by atoms with Gasteiger partial charge in [-0.05, 0) is 12.1 Å². The molecule has 17 heavy (non-hydrogen) atoms. The zero-order valence-electron chi connectivity index (χ0n) is 9.56. The molecule has 3 rings (SSSR count). The van der Waals surface area contributed by atoms with E-state index in [1.165, 1.54) is 0 Å². The van der Waals surface area contributed by atoms with E-state index >= 15 is 0 Å². The second-order valence-electron chi connectivity index (χ2n) is 4.04. The van der Waals surface area contributed by atoms with Crippen molar-refractivity contribution in [2.75, 3.05) is 13.2 Å². The van der Waals surface area contributed by atoms with Crippen molar-refractivity contribution in [3.8, 4) is 22.6 Å². The molecular formula is C15H14O2. The van der Waals surface area contributed by atoms with Crippen LogP contribution >= 0.6 is 0 Å². The SMILES string of the molecule is c1ccc2c(c1)OCCCOc1ccccc1-2. The van der Waals surface area contributed by atoms with Gasteiger partial charge < -0.3 is 9.47 Å². The van der Waals surface area contributed by atoms with Gasteiger partial charge in [0.05, 0.1) is 13.2 Å². The van der Waals surface area contributed by atoms with E-state index < -0.39 is 0 Å². The highest BCUT2D eigenvalue weighted by Gasteiger charge is 2.12. The second kappa shape index (κ2) is 4.50. The molecule has 0 amide bonds. The highest BCUT2D eigenvalue weighted by molar-refractivity contribution is 5.75. The maximum Gasteiger partial charge on any atom is 0.127 e. The maximum atomic E-state index is 5.79. The molecule has 2 aromatic carbocycles. The summed E-state index contributed by atoms with van der Waals surface area (Å²) < 4.78 is 11.6. The lowest BCUT2D eigenvalue weighted by Crippen LogP contribution is -2.03. The molecule has 0 aromatic heterocycles. The van der Waals surface area contributed by atoms with Crippen molar-refractivity contribution < 1.29 is 9.47 Å². The number of benzene rings is 2. The fourth-order valence-corrected chi connectivity index (χ4v) is 2.05. The van der Waals surface area contributed by atoms with Crippen LogP contribution < -0.4 is 9.47 Å². The molecule has 2 heteroatoms. The van der Waals surface area contributed by atoms with Gasteiger partial charge in [0.25, 0.3) is 0 Å². The molecular weight excluding hydrogens is 212 g/mol. The van der Waals surface area contributed by atoms with Gasteiger partial charge in [-0.2, -0.15) is 0 Å². The predicted octanol–water partition coefficient (Wildman–Crippen LogP) is 3.51. The van der Waals surface area contributed by atoms with Gasteiger partial charge in [-0.1, -0.05) is 36.4 Å². The highest BCUT2D eigenvalue weighted by Crippen LogP contribution is 2.36. The Balaban J connectivity index is 2.18. The molecule has 86 valence electrons. The smallest absolute Gasteiger partial charge is 0.127 e. The number of hydrogen-bond acceptors (Lipinski definition) is 2. The first-order valence-electron chi connectivity index (χ1n) is 5.89. The van der Waals surface area contributed by atoms with Crippen LogP contribution in [0.15, 0.2) is 48.5 Å². The van der Waals surface area contributed by atoms with Crippen molar-refractivity contribution in [3.63, 3.8) is 0 Å². The normalized spacial score (nSPS) is 14.1. The Bertz CT molecular complexity index is 472. The van der Waals surface area contributed by atoms with Crippen LogP contribution in [-0.2, 0) is 0 Å². The number of ether oxygens (including phenoxy) is 2. The van der Waals surface area contributed by atoms with Gasteiger partial charge >= 0.3 is 0 Å². The second-order valence-corrected chi connectivity index (χ2v) is 4.04. The third kappa shape index (κ3) is 1.98. The van der Waals surface area contributed by atoms with Crippen LogP contribution in [0.25, 0.3) is 11.1 Å². The zero-order valence-corrected chi connectivity index (χ0v) is 9.56. The van der Waals surface area contributed by atoms with Crippen molar-refractivity contribution in [2.45, 2.75) is 6.42 Å². The summed E-state index contributed by atoms with van der Waals surface area (Å²) in [5.74, 6) is 1.87. The van der Waals surface area contributed by atoms with Gasteiger partial charge in [-0.3, -0.25) is 0 Å². The maximum absolute atomic E-state index is 5.79. The van der Waals surface area contributed by atoms with Crippen LogP contribution in [0, 0.1) is 0 Å². The molecule has 0 atom stereocenters. The molecule has 2 aromatic rings. The molecule has 1 aliphatic heterocycles. The van der Waals surface area contributed by atoms with Gasteiger partial charge in [0.15, 0.2) is 0 Å². The van der Waals surface area contributed by atoms with E-state index in [1.807, 2.05) is 36.4 Å². The summed E-state index contributed by atoms with van der Waals surface area (Å²) in [6.45, 7) is 1.40. The summed E-state index contributed by atoms with van der Waals surface area (Å²) in [5, 5.41) is 0. The van der Waals surface area contributed by atoms with Crippen molar-refractivity contribution in [1.29, 1.82) is 0 Å². The fourth-order valence-electron chi connectivity index (χ4n) is 2.05. The van der Waals surface area contributed by atoms with Gasteiger partial charge in [0.2, 0.25) is 0 Å². The minimum atomic E-state index is 0.699. The molecule has 0 bridgehead atoms. The van der Waals surface area contributed by atoms with Crippen LogP contribution in [0.3, 0.4) is 0 Å². The van der Waals surface area contributed by atoms with E-state index in [1.54, 1.807) is 0 Å². The first-order chi connectivity index (χ1) is 8.45. The largest absolute Gasteiger partial charge is 0.493 e. The first kappa shape index (κ1) is 10.2. The average molecular weight is 226 g/mol. The van der Waals surface area contributed by atoms with Crippen LogP contribution in [-0.4, -0.2) is 13.2 Å². The summed E-state index contributed by atoms with van der Waals surface area (Å²) in [6.07, 6.45) is 0.905. The Hall–Kier alpha value is -1.96. The van der Waals surface area contributed by atoms with Crippen LogP contribution in [0.5, 0.6) is 11.5 Å². The van der Waals surface area contributed by atoms with E-state index in [4.69, 9.17) is 9.47 Å². The van der Waals surface area contributed by atoms with Gasteiger partial charge in [0.1, 0.15) is 11.5 Å². The van der Waals surface area contributed by atoms with Crippen molar-refractivity contribution in [2.24, 2.45) is 0 Å². The van der Waals surface area contributed by atoms with E-state index in [0.717, 1.165) is 29.0 Å². The standard InChI is InChI=1S/C15H14O2/c1-3-8-14-12(6-1)13-7-2-4-9-15(13)17-11-5-10-16-14/h1-4,6-9H,5,10-11H2. The molecule has 2 nitrogen and oxygen atoms in total. The molecule has 0 saturated heterocycles. The number of fused-ring (bicyclic) bond motifs is 3. The van der Waals surface area contributed by atoms with Gasteiger partial charge in [-0.25, -0.2) is 0 Å². The van der Waals surface area contributed by atoms with E-state index in [9.17, 15) is 0 Å². The molecule has 0 fully saturated rings. The lowest BCUT2D eigenvalue weighted by atomic mass is 10.0. The molecule has 0 N–H and O–H groups in total. The Morgan fingerprint density at radius 2 is 1.12 bits per heavy atom. The van der Waals surface area contributed by atoms with Crippen molar-refractivity contribution in [1.82, 2.24) is 0 Å². The fraction of sp³-hybridized carbons (Fsp3) is 0.200. The van der Waals surface area contributed by atoms with E-state index in [-0.39, 0.29) is 0 Å². The number of hydrogen-bond donors (Lipinski definition) is 0. The molecule has 0 unspecified atom stereocenters. The third-order valence-electron chi connectivity index (χ3n) is 2.87. The average Bonchev–Trinajstić information content (AvgIpc) is 2.47. The Morgan fingerprint density at radius 3 is 1.65 bits per heavy atom. The molecule has 0 radical (unpaired) electrons. The zero-order chi connectivity index (χ0) is 11.5. The van der Waals surface area contributed by atoms with Crippen LogP contribution in [0.4, 0.5) is 0 Å². The van der Waals surface area contributed by atoms with Crippen LogP contribution in [0.1, 0.15) is 6.42 Å². The molecule has 1 aliphatic rings. The molecule has 0 aliphatic carbocycles. The van der Waals surface area contributed by atoms with E-state index in [2.05, 4.69) is 12.1 Å². The summed E-state index contributed by atoms with van der Waals surface area (Å²) in [6, 6.07) is 16.2. The van der Waals surface area contributed by atoms with Gasteiger partial charge in [0, 0.05) is 17.5 Å². The minimum Gasteiger partial charge on any atom is -0.493 e. The summed E-state index contributed by atoms with van der Waals surface area (Å²) in [5.41, 5.74) is 2.20. The predicted molar refractivity (Wildman–Crippen MR) is 67.5 cm³/mol. The summed E-state index contributed by atoms with van der Waals surface area (Å²) in [4.78, 5) is 0. The first-order valence-corrected chi connectivity index (χ1v) is 5.89. The monoisotopic (exact) mass is 226 g/mol. The molecule has 0 spiro atoms. The van der Waals surface area contributed by atoms with Crippen molar-refractivity contribution >= 4 is 0 Å². The summed E-state index contributed by atoms with van der Waals surface area (Å²) >= 11 is 0. The Morgan fingerprint density at radius 1 is 0.647 bits per heavy atom. The van der Waals surface area contributed by atoms with Crippen LogP contribution in [0.2, 0.25) is 0 Å². The third-order valence-corrected chi connectivity index (χ3v) is 2.87. The Kier molecular flexibility index (Phi) is 2.70. The topological polar surface area (TPSA) is 18.5 Å². The highest BCUT2D eigenvalue weighted by atomic mass is 16.5. The lowest BCUT2D eigenvalue weighted by Gasteiger charge is -2.11. The minimum absolute atomic E-state index is 0.699. The molecule has 1 heterocycles. The van der Waals surface area contributed by atoms with E-state index in [0.29, 0.717) is 13.2 Å². The lowest BCUT2D eigenvalue weighted by molar-refractivity contribution is 0.252. The quantitative estimate of drug-likeness (QED) is 0.684. The summed E-state index contributed by atoms with van der Waals surface area (Å²) in [7, 11) is 0. The number of para-hydroxylation sites is 2. The number of rotatable bonds is 0. The van der Waals surface area contributed by atoms with Gasteiger partial charge in [-0.15, -0.1) is 0 Å². The van der Waals surface area contributed by atoms with Crippen molar-refractivity contribution in [3.05, 3.63) is 48.5 Å².